The van der Waals surface area contributed by atoms with Crippen molar-refractivity contribution in [3.63, 3.8) is 0 Å². The smallest absolute Gasteiger partial charge is 0.262 e. The maximum atomic E-state index is 13.5. The van der Waals surface area contributed by atoms with Gasteiger partial charge in [0.15, 0.2) is 5.72 Å². The third kappa shape index (κ3) is 3.59. The summed E-state index contributed by atoms with van der Waals surface area (Å²) in [5.41, 5.74) is 0.625. The van der Waals surface area contributed by atoms with E-state index in [0.29, 0.717) is 16.1 Å². The summed E-state index contributed by atoms with van der Waals surface area (Å²) in [5.74, 6) is -1.34. The van der Waals surface area contributed by atoms with E-state index in [4.69, 9.17) is 11.6 Å². The number of halogens is 1. The third-order valence-electron chi connectivity index (χ3n) is 6.62. The van der Waals surface area contributed by atoms with Crippen molar-refractivity contribution in [2.75, 3.05) is 13.6 Å². The van der Waals surface area contributed by atoms with E-state index in [9.17, 15) is 19.5 Å². The van der Waals surface area contributed by atoms with Crippen molar-refractivity contribution >= 4 is 29.3 Å². The van der Waals surface area contributed by atoms with E-state index < -0.39 is 30.0 Å². The van der Waals surface area contributed by atoms with Gasteiger partial charge in [0.25, 0.3) is 11.8 Å². The number of fused-ring (bicyclic) bond motifs is 1. The van der Waals surface area contributed by atoms with E-state index >= 15 is 0 Å². The molecular weight excluding hydrogens is 452 g/mol. The van der Waals surface area contributed by atoms with Crippen molar-refractivity contribution in [2.45, 2.75) is 24.5 Å². The summed E-state index contributed by atoms with van der Waals surface area (Å²) in [5, 5.41) is 12.7. The van der Waals surface area contributed by atoms with Gasteiger partial charge in [-0.25, -0.2) is 0 Å². The largest absolute Gasteiger partial charge is 0.363 e. The lowest BCUT2D eigenvalue weighted by molar-refractivity contribution is -0.150. The van der Waals surface area contributed by atoms with Gasteiger partial charge in [-0.05, 0) is 48.6 Å². The lowest BCUT2D eigenvalue weighted by Crippen LogP contribution is -2.52. The van der Waals surface area contributed by atoms with Crippen LogP contribution in [0.15, 0.2) is 72.8 Å². The molecule has 2 aliphatic rings. The van der Waals surface area contributed by atoms with Crippen LogP contribution in [0.5, 0.6) is 0 Å². The van der Waals surface area contributed by atoms with Gasteiger partial charge in [-0.15, -0.1) is 0 Å². The lowest BCUT2D eigenvalue weighted by Gasteiger charge is -2.40. The van der Waals surface area contributed by atoms with Crippen LogP contribution in [0.2, 0.25) is 5.02 Å². The van der Waals surface area contributed by atoms with Gasteiger partial charge in [-0.1, -0.05) is 60.1 Å². The number of imide groups is 1. The van der Waals surface area contributed by atoms with Crippen LogP contribution in [0.1, 0.15) is 56.2 Å². The highest BCUT2D eigenvalue weighted by Gasteiger charge is 2.45. The molecule has 1 fully saturated rings. The Bertz CT molecular complexity index is 1270. The monoisotopic (exact) mass is 474 g/mol. The molecule has 0 radical (unpaired) electrons. The zero-order valence-electron chi connectivity index (χ0n) is 18.6. The number of rotatable bonds is 6. The van der Waals surface area contributed by atoms with Crippen molar-refractivity contribution in [2.24, 2.45) is 0 Å². The zero-order chi connectivity index (χ0) is 24.0. The Labute approximate surface area is 202 Å². The molecule has 7 heteroatoms. The van der Waals surface area contributed by atoms with E-state index in [-0.39, 0.29) is 17.0 Å². The van der Waals surface area contributed by atoms with E-state index in [1.165, 1.54) is 11.9 Å². The summed E-state index contributed by atoms with van der Waals surface area (Å²) in [6, 6.07) is 20.7. The van der Waals surface area contributed by atoms with Crippen LogP contribution in [-0.4, -0.2) is 46.2 Å². The molecule has 6 nitrogen and oxygen atoms in total. The number of benzene rings is 3. The molecule has 0 bridgehead atoms. The fourth-order valence-electron chi connectivity index (χ4n) is 4.59. The lowest BCUT2D eigenvalue weighted by atomic mass is 9.87. The van der Waals surface area contributed by atoms with Gasteiger partial charge < -0.3 is 10.0 Å². The SMILES string of the molecule is CN(C(=O)CN1C(=O)c2ccccc2C1=O)C(O)(c1ccccc1)c1cc(Cl)ccc1C1CC1. The second-order valence-electron chi connectivity index (χ2n) is 8.74. The molecule has 0 aromatic heterocycles. The van der Waals surface area contributed by atoms with Crippen LogP contribution in [0.25, 0.3) is 0 Å². The first-order valence-electron chi connectivity index (χ1n) is 11.1. The Hall–Kier alpha value is -3.48. The number of nitrogens with zero attached hydrogens (tertiary/aromatic N) is 2. The normalized spacial score (nSPS) is 16.9. The Morgan fingerprint density at radius 2 is 1.59 bits per heavy atom. The average Bonchev–Trinajstić information content (AvgIpc) is 3.68. The highest BCUT2D eigenvalue weighted by atomic mass is 35.5. The van der Waals surface area contributed by atoms with Gasteiger partial charge in [0.05, 0.1) is 11.1 Å². The fraction of sp³-hybridized carbons (Fsp3) is 0.222. The summed E-state index contributed by atoms with van der Waals surface area (Å²) in [4.78, 5) is 41.2. The first-order chi connectivity index (χ1) is 16.3. The average molecular weight is 475 g/mol. The van der Waals surface area contributed by atoms with Crippen LogP contribution in [-0.2, 0) is 10.5 Å². The summed E-state index contributed by atoms with van der Waals surface area (Å²) < 4.78 is 0. The molecule has 172 valence electrons. The van der Waals surface area contributed by atoms with Crippen molar-refractivity contribution in [3.05, 3.63) is 106 Å². The molecule has 0 saturated heterocycles. The quantitative estimate of drug-likeness (QED) is 0.429. The maximum absolute atomic E-state index is 13.5. The van der Waals surface area contributed by atoms with Crippen molar-refractivity contribution < 1.29 is 19.5 Å². The number of hydrogen-bond acceptors (Lipinski definition) is 4. The van der Waals surface area contributed by atoms with E-state index in [1.807, 2.05) is 12.1 Å². The molecule has 1 N–H and O–H groups in total. The minimum atomic E-state index is -1.85. The molecule has 34 heavy (non-hydrogen) atoms. The molecule has 1 unspecified atom stereocenters. The minimum absolute atomic E-state index is 0.270. The van der Waals surface area contributed by atoms with Gasteiger partial charge in [-0.3, -0.25) is 19.3 Å². The Kier molecular flexibility index (Phi) is 5.50. The number of carbonyl (C=O) groups is 3. The second kappa shape index (κ2) is 8.38. The number of carbonyl (C=O) groups excluding carboxylic acids is 3. The van der Waals surface area contributed by atoms with E-state index in [0.717, 1.165) is 23.3 Å². The molecule has 3 aromatic carbocycles. The highest BCUT2D eigenvalue weighted by Crippen LogP contribution is 2.47. The van der Waals surface area contributed by atoms with Crippen molar-refractivity contribution in [1.29, 1.82) is 0 Å². The Morgan fingerprint density at radius 3 is 2.18 bits per heavy atom. The van der Waals surface area contributed by atoms with Gasteiger partial charge in [0, 0.05) is 23.2 Å². The molecule has 3 aromatic rings. The van der Waals surface area contributed by atoms with Gasteiger partial charge >= 0.3 is 0 Å². The molecule has 1 aliphatic heterocycles. The summed E-state index contributed by atoms with van der Waals surface area (Å²) in [6.07, 6.45) is 1.98. The maximum Gasteiger partial charge on any atom is 0.262 e. The molecule has 3 amide bonds. The topological polar surface area (TPSA) is 77.9 Å². The highest BCUT2D eigenvalue weighted by molar-refractivity contribution is 6.30. The minimum Gasteiger partial charge on any atom is -0.363 e. The van der Waals surface area contributed by atoms with Gasteiger partial charge in [-0.2, -0.15) is 0 Å². The fourth-order valence-corrected chi connectivity index (χ4v) is 4.76. The Balaban J connectivity index is 1.53. The van der Waals surface area contributed by atoms with Crippen LogP contribution >= 0.6 is 11.6 Å². The van der Waals surface area contributed by atoms with Crippen molar-refractivity contribution in [1.82, 2.24) is 9.80 Å². The van der Waals surface area contributed by atoms with Gasteiger partial charge in [0.2, 0.25) is 5.91 Å². The first kappa shape index (κ1) is 22.3. The predicted octanol–water partition coefficient (Wildman–Crippen LogP) is 4.17. The number of aliphatic hydroxyl groups is 1. The molecule has 1 saturated carbocycles. The van der Waals surface area contributed by atoms with Crippen LogP contribution in [0, 0.1) is 0 Å². The number of hydrogen-bond donors (Lipinski definition) is 1. The zero-order valence-corrected chi connectivity index (χ0v) is 19.3. The van der Waals surface area contributed by atoms with Crippen molar-refractivity contribution in [3.8, 4) is 0 Å². The molecule has 0 spiro atoms. The molecule has 1 heterocycles. The molecular formula is C27H23ClN2O4. The van der Waals surface area contributed by atoms with Crippen LogP contribution < -0.4 is 0 Å². The molecule has 5 rings (SSSR count). The second-order valence-corrected chi connectivity index (χ2v) is 9.18. The third-order valence-corrected chi connectivity index (χ3v) is 6.85. The standard InChI is InChI=1S/C27H23ClN2O4/c1-29(24(31)16-30-25(32)21-9-5-6-10-22(21)26(30)33)27(34,18-7-3-2-4-8-18)23-15-19(28)13-14-20(23)17-11-12-17/h2-10,13-15,17,34H,11-12,16H2,1H3. The summed E-state index contributed by atoms with van der Waals surface area (Å²) >= 11 is 6.33. The van der Waals surface area contributed by atoms with Crippen LogP contribution in [0.3, 0.4) is 0 Å². The summed E-state index contributed by atoms with van der Waals surface area (Å²) in [6.45, 7) is -0.489. The molecule has 1 aliphatic carbocycles. The number of likely N-dealkylation sites (N-methyl/N-ethyl adjacent to an activating group) is 1. The van der Waals surface area contributed by atoms with Gasteiger partial charge in [0.1, 0.15) is 6.54 Å². The molecule has 1 atom stereocenters. The Morgan fingerprint density at radius 1 is 1.00 bits per heavy atom. The predicted molar refractivity (Wildman–Crippen MR) is 127 cm³/mol. The van der Waals surface area contributed by atoms with Crippen LogP contribution in [0.4, 0.5) is 0 Å². The summed E-state index contributed by atoms with van der Waals surface area (Å²) in [7, 11) is 1.48. The number of amides is 3. The first-order valence-corrected chi connectivity index (χ1v) is 11.5. The van der Waals surface area contributed by atoms with E-state index in [2.05, 4.69) is 0 Å². The van der Waals surface area contributed by atoms with E-state index in [1.54, 1.807) is 60.7 Å².